The molecule has 0 amide bonds. The van der Waals surface area contributed by atoms with Crippen LogP contribution in [0, 0.1) is 11.8 Å². The average molecular weight is 279 g/mol. The van der Waals surface area contributed by atoms with E-state index in [1.165, 1.54) is 31.1 Å². The van der Waals surface area contributed by atoms with E-state index >= 15 is 0 Å². The maximum atomic E-state index is 5.93. The fourth-order valence-corrected chi connectivity index (χ4v) is 3.87. The van der Waals surface area contributed by atoms with Crippen LogP contribution in [0.3, 0.4) is 0 Å². The predicted molar refractivity (Wildman–Crippen MR) is 71.7 cm³/mol. The minimum absolute atomic E-state index is 0. The molecule has 0 saturated carbocycles. The highest BCUT2D eigenvalue weighted by Crippen LogP contribution is 2.29. The van der Waals surface area contributed by atoms with Crippen LogP contribution in [0.1, 0.15) is 4.88 Å². The molecule has 1 aromatic heterocycles. The van der Waals surface area contributed by atoms with Crippen LogP contribution in [0.15, 0.2) is 12.1 Å². The van der Waals surface area contributed by atoms with Crippen LogP contribution < -0.4 is 5.32 Å². The minimum atomic E-state index is 0. The van der Waals surface area contributed by atoms with Gasteiger partial charge in [0.15, 0.2) is 0 Å². The Balaban J connectivity index is 0.000000963. The average Bonchev–Trinajstić information content (AvgIpc) is 2.81. The first-order chi connectivity index (χ1) is 7.31. The maximum Gasteiger partial charge on any atom is 0.0931 e. The van der Waals surface area contributed by atoms with E-state index in [4.69, 9.17) is 11.6 Å². The van der Waals surface area contributed by atoms with Gasteiger partial charge in [0.2, 0.25) is 0 Å². The number of likely N-dealkylation sites (tertiary alicyclic amines) is 1. The molecule has 90 valence electrons. The van der Waals surface area contributed by atoms with Crippen molar-refractivity contribution in [2.45, 2.75) is 6.54 Å². The van der Waals surface area contributed by atoms with Crippen molar-refractivity contribution in [3.05, 3.63) is 21.3 Å². The quantitative estimate of drug-likeness (QED) is 0.894. The van der Waals surface area contributed by atoms with Gasteiger partial charge in [-0.1, -0.05) is 11.6 Å². The van der Waals surface area contributed by atoms with Crippen molar-refractivity contribution >= 4 is 35.3 Å². The van der Waals surface area contributed by atoms with Crippen LogP contribution in [0.2, 0.25) is 4.34 Å². The lowest BCUT2D eigenvalue weighted by Crippen LogP contribution is -2.24. The van der Waals surface area contributed by atoms with Crippen molar-refractivity contribution in [2.24, 2.45) is 11.8 Å². The fraction of sp³-hybridized carbons (Fsp3) is 0.636. The third kappa shape index (κ3) is 2.54. The number of hydrogen-bond donors (Lipinski definition) is 1. The van der Waals surface area contributed by atoms with Crippen molar-refractivity contribution in [3.8, 4) is 0 Å². The van der Waals surface area contributed by atoms with Crippen molar-refractivity contribution in [2.75, 3.05) is 26.2 Å². The Kier molecular flexibility index (Phi) is 4.14. The second kappa shape index (κ2) is 5.23. The van der Waals surface area contributed by atoms with Crippen LogP contribution >= 0.6 is 35.3 Å². The van der Waals surface area contributed by atoms with Gasteiger partial charge in [-0.15, -0.1) is 23.7 Å². The van der Waals surface area contributed by atoms with Gasteiger partial charge in [0, 0.05) is 24.5 Å². The maximum absolute atomic E-state index is 5.93. The third-order valence-corrected chi connectivity index (χ3v) is 4.69. The van der Waals surface area contributed by atoms with E-state index in [-0.39, 0.29) is 12.4 Å². The molecule has 0 aliphatic carbocycles. The van der Waals surface area contributed by atoms with Crippen molar-refractivity contribution in [1.82, 2.24) is 10.2 Å². The van der Waals surface area contributed by atoms with E-state index in [2.05, 4.69) is 16.3 Å². The SMILES string of the molecule is Cl.Clc1ccc(CN2C[C@H]3CNC[C@H]3C2)s1. The molecule has 0 radical (unpaired) electrons. The highest BCUT2D eigenvalue weighted by molar-refractivity contribution is 7.16. The van der Waals surface area contributed by atoms with Crippen LogP contribution in [0.5, 0.6) is 0 Å². The second-order valence-corrected chi connectivity index (χ2v) is 6.38. The van der Waals surface area contributed by atoms with Gasteiger partial charge in [-0.25, -0.2) is 0 Å². The lowest BCUT2D eigenvalue weighted by Gasteiger charge is -2.15. The summed E-state index contributed by atoms with van der Waals surface area (Å²) in [5, 5.41) is 3.47. The van der Waals surface area contributed by atoms with E-state index in [1.807, 2.05) is 6.07 Å². The monoisotopic (exact) mass is 278 g/mol. The highest BCUT2D eigenvalue weighted by atomic mass is 35.5. The van der Waals surface area contributed by atoms with Gasteiger partial charge in [0.1, 0.15) is 0 Å². The lowest BCUT2D eigenvalue weighted by atomic mass is 10.0. The van der Waals surface area contributed by atoms with Crippen LogP contribution in [0.4, 0.5) is 0 Å². The van der Waals surface area contributed by atoms with Gasteiger partial charge >= 0.3 is 0 Å². The van der Waals surface area contributed by atoms with Gasteiger partial charge in [0.25, 0.3) is 0 Å². The number of nitrogens with zero attached hydrogens (tertiary/aromatic N) is 1. The summed E-state index contributed by atoms with van der Waals surface area (Å²) in [4.78, 5) is 3.96. The zero-order chi connectivity index (χ0) is 10.3. The fourth-order valence-electron chi connectivity index (χ4n) is 2.74. The molecule has 0 unspecified atom stereocenters. The number of rotatable bonds is 2. The summed E-state index contributed by atoms with van der Waals surface area (Å²) in [6.07, 6.45) is 0. The Morgan fingerprint density at radius 2 is 2.00 bits per heavy atom. The van der Waals surface area contributed by atoms with Crippen molar-refractivity contribution in [3.63, 3.8) is 0 Å². The molecule has 3 rings (SSSR count). The van der Waals surface area contributed by atoms with Gasteiger partial charge in [0.05, 0.1) is 4.34 Å². The van der Waals surface area contributed by atoms with E-state index in [1.54, 1.807) is 11.3 Å². The summed E-state index contributed by atoms with van der Waals surface area (Å²) in [5.41, 5.74) is 0. The summed E-state index contributed by atoms with van der Waals surface area (Å²) in [6, 6.07) is 4.15. The van der Waals surface area contributed by atoms with Crippen LogP contribution in [-0.4, -0.2) is 31.1 Å². The molecule has 2 saturated heterocycles. The van der Waals surface area contributed by atoms with Crippen molar-refractivity contribution in [1.29, 1.82) is 0 Å². The highest BCUT2D eigenvalue weighted by Gasteiger charge is 2.35. The number of fused-ring (bicyclic) bond motifs is 1. The number of hydrogen-bond acceptors (Lipinski definition) is 3. The summed E-state index contributed by atoms with van der Waals surface area (Å²) in [7, 11) is 0. The molecule has 2 atom stereocenters. The molecular formula is C11H16Cl2N2S. The van der Waals surface area contributed by atoms with Crippen LogP contribution in [0.25, 0.3) is 0 Å². The Hall–Kier alpha value is 0.200. The molecular weight excluding hydrogens is 263 g/mol. The summed E-state index contributed by atoms with van der Waals surface area (Å²) < 4.78 is 0.908. The Morgan fingerprint density at radius 1 is 1.31 bits per heavy atom. The standard InChI is InChI=1S/C11H15ClN2S.ClH/c12-11-2-1-10(15-11)7-14-5-8-3-13-4-9(8)6-14;/h1-2,8-9,13H,3-7H2;1H/t8-,9+;. The first-order valence-corrected chi connectivity index (χ1v) is 6.68. The topological polar surface area (TPSA) is 15.3 Å². The molecule has 0 aromatic carbocycles. The minimum Gasteiger partial charge on any atom is -0.316 e. The molecule has 16 heavy (non-hydrogen) atoms. The Labute approximate surface area is 111 Å². The normalized spacial score (nSPS) is 29.1. The molecule has 2 nitrogen and oxygen atoms in total. The molecule has 2 aliphatic heterocycles. The van der Waals surface area contributed by atoms with E-state index in [0.717, 1.165) is 22.7 Å². The van der Waals surface area contributed by atoms with Gasteiger partial charge in [-0.3, -0.25) is 4.90 Å². The van der Waals surface area contributed by atoms with Gasteiger partial charge in [-0.2, -0.15) is 0 Å². The Bertz CT molecular complexity index is 344. The molecule has 0 bridgehead atoms. The Morgan fingerprint density at radius 3 is 2.56 bits per heavy atom. The smallest absolute Gasteiger partial charge is 0.0931 e. The second-order valence-electron chi connectivity index (χ2n) is 4.58. The van der Waals surface area contributed by atoms with Crippen molar-refractivity contribution < 1.29 is 0 Å². The van der Waals surface area contributed by atoms with E-state index in [0.29, 0.717) is 0 Å². The van der Waals surface area contributed by atoms with E-state index < -0.39 is 0 Å². The summed E-state index contributed by atoms with van der Waals surface area (Å²) in [6.45, 7) is 6.03. The van der Waals surface area contributed by atoms with Gasteiger partial charge < -0.3 is 5.32 Å². The molecule has 5 heteroatoms. The first-order valence-electron chi connectivity index (χ1n) is 5.48. The van der Waals surface area contributed by atoms with Crippen LogP contribution in [-0.2, 0) is 6.54 Å². The molecule has 2 aliphatic rings. The molecule has 2 fully saturated rings. The lowest BCUT2D eigenvalue weighted by molar-refractivity contribution is 0.308. The zero-order valence-corrected chi connectivity index (χ0v) is 11.4. The molecule has 0 spiro atoms. The number of thiophene rings is 1. The molecule has 1 N–H and O–H groups in total. The molecule has 1 aromatic rings. The largest absolute Gasteiger partial charge is 0.316 e. The number of halogens is 2. The summed E-state index contributed by atoms with van der Waals surface area (Å²) >= 11 is 7.64. The zero-order valence-electron chi connectivity index (χ0n) is 8.99. The predicted octanol–water partition coefficient (Wildman–Crippen LogP) is 2.47. The first kappa shape index (κ1) is 12.7. The van der Waals surface area contributed by atoms with E-state index in [9.17, 15) is 0 Å². The molecule has 3 heterocycles. The number of nitrogens with one attached hydrogen (secondary N) is 1. The third-order valence-electron chi connectivity index (χ3n) is 3.47. The van der Waals surface area contributed by atoms with Gasteiger partial charge in [-0.05, 0) is 37.1 Å². The summed E-state index contributed by atoms with van der Waals surface area (Å²) in [5.74, 6) is 1.78.